The molecule has 0 radical (unpaired) electrons. The van der Waals surface area contributed by atoms with Crippen LogP contribution in [-0.4, -0.2) is 63.6 Å². The number of amides is 2. The van der Waals surface area contributed by atoms with E-state index in [4.69, 9.17) is 0 Å². The summed E-state index contributed by atoms with van der Waals surface area (Å²) in [6.07, 6.45) is 4.40. The molecule has 1 aliphatic rings. The molecular formula is C20H28N4O2S. The number of thioether (sulfide) groups is 1. The van der Waals surface area contributed by atoms with E-state index in [0.29, 0.717) is 11.8 Å². The highest BCUT2D eigenvalue weighted by molar-refractivity contribution is 7.99. The molecule has 1 atom stereocenters. The van der Waals surface area contributed by atoms with Crippen molar-refractivity contribution >= 4 is 34.6 Å². The molecule has 1 aromatic heterocycles. The Morgan fingerprint density at radius 2 is 2.04 bits per heavy atom. The third-order valence-electron chi connectivity index (χ3n) is 5.16. The summed E-state index contributed by atoms with van der Waals surface area (Å²) in [6.45, 7) is 3.23. The Bertz CT molecular complexity index is 817. The van der Waals surface area contributed by atoms with Crippen LogP contribution in [-0.2, 0) is 16.1 Å². The van der Waals surface area contributed by atoms with E-state index in [1.54, 1.807) is 19.0 Å². The number of hydrogen-bond donors (Lipinski definition) is 0. The fraction of sp³-hybridized carbons (Fsp3) is 0.550. The molecule has 3 rings (SSSR count). The van der Waals surface area contributed by atoms with Crippen LogP contribution in [0.15, 0.2) is 29.4 Å². The van der Waals surface area contributed by atoms with Gasteiger partial charge in [0, 0.05) is 26.7 Å². The number of rotatable bonds is 6. The van der Waals surface area contributed by atoms with Gasteiger partial charge >= 0.3 is 0 Å². The average molecular weight is 389 g/mol. The van der Waals surface area contributed by atoms with E-state index in [1.165, 1.54) is 18.2 Å². The zero-order valence-corrected chi connectivity index (χ0v) is 17.2. The average Bonchev–Trinajstić information content (AvgIpc) is 3.03. The van der Waals surface area contributed by atoms with Crippen LogP contribution in [0.3, 0.4) is 0 Å². The van der Waals surface area contributed by atoms with Gasteiger partial charge in [-0.2, -0.15) is 0 Å². The molecule has 6 nitrogen and oxygen atoms in total. The first-order valence-electron chi connectivity index (χ1n) is 9.59. The lowest BCUT2D eigenvalue weighted by Gasteiger charge is -2.35. The molecule has 0 aliphatic carbocycles. The Hall–Kier alpha value is -2.02. The number of likely N-dealkylation sites (tertiary alicyclic amines) is 1. The molecular weight excluding hydrogens is 360 g/mol. The number of carbonyl (C=O) groups is 2. The summed E-state index contributed by atoms with van der Waals surface area (Å²) in [6, 6.07) is 8.15. The van der Waals surface area contributed by atoms with E-state index in [0.717, 1.165) is 42.0 Å². The predicted octanol–water partition coefficient (Wildman–Crippen LogP) is 3.01. The zero-order chi connectivity index (χ0) is 19.4. The van der Waals surface area contributed by atoms with Gasteiger partial charge in [-0.15, -0.1) is 0 Å². The maximum atomic E-state index is 12.8. The molecule has 2 amide bonds. The minimum absolute atomic E-state index is 0.00778. The van der Waals surface area contributed by atoms with Crippen LogP contribution in [0.1, 0.15) is 32.6 Å². The highest BCUT2D eigenvalue weighted by Gasteiger charge is 2.26. The van der Waals surface area contributed by atoms with Crippen molar-refractivity contribution in [3.8, 4) is 0 Å². The number of imidazole rings is 1. The molecule has 27 heavy (non-hydrogen) atoms. The van der Waals surface area contributed by atoms with Gasteiger partial charge in [0.05, 0.1) is 16.8 Å². The number of nitrogens with zero attached hydrogens (tertiary/aromatic N) is 4. The standard InChI is InChI=1S/C20H28N4O2S/c1-4-15-9-7-8-12-23(15)19(26)14-27-20-21-16-10-5-6-11-17(16)24(20)13-18(25)22(2)3/h5-6,10-11,15H,4,7-9,12-14H2,1-3H3. The van der Waals surface area contributed by atoms with Gasteiger partial charge < -0.3 is 14.4 Å². The van der Waals surface area contributed by atoms with Crippen LogP contribution in [0.2, 0.25) is 0 Å². The van der Waals surface area contributed by atoms with Gasteiger partial charge in [-0.25, -0.2) is 4.98 Å². The zero-order valence-electron chi connectivity index (χ0n) is 16.4. The fourth-order valence-corrected chi connectivity index (χ4v) is 4.46. The second-order valence-corrected chi connectivity index (χ2v) is 8.13. The van der Waals surface area contributed by atoms with Gasteiger partial charge in [0.25, 0.3) is 0 Å². The monoisotopic (exact) mass is 388 g/mol. The Morgan fingerprint density at radius 3 is 2.78 bits per heavy atom. The summed E-state index contributed by atoms with van der Waals surface area (Å²) < 4.78 is 1.92. The van der Waals surface area contributed by atoms with Gasteiger partial charge in [-0.05, 0) is 37.8 Å². The van der Waals surface area contributed by atoms with E-state index >= 15 is 0 Å². The van der Waals surface area contributed by atoms with Gasteiger partial charge in [0.1, 0.15) is 6.54 Å². The van der Waals surface area contributed by atoms with Crippen molar-refractivity contribution in [3.63, 3.8) is 0 Å². The molecule has 0 N–H and O–H groups in total. The highest BCUT2D eigenvalue weighted by Crippen LogP contribution is 2.26. The molecule has 1 saturated heterocycles. The van der Waals surface area contributed by atoms with Crippen LogP contribution >= 0.6 is 11.8 Å². The molecule has 7 heteroatoms. The normalized spacial score (nSPS) is 17.3. The Labute approximate surface area is 164 Å². The summed E-state index contributed by atoms with van der Waals surface area (Å²) in [7, 11) is 3.50. The minimum Gasteiger partial charge on any atom is -0.347 e. The van der Waals surface area contributed by atoms with Crippen LogP contribution in [0, 0.1) is 0 Å². The third kappa shape index (κ3) is 4.46. The second kappa shape index (κ2) is 8.78. The number of aromatic nitrogens is 2. The minimum atomic E-state index is 0.00778. The van der Waals surface area contributed by atoms with Gasteiger partial charge in [0.2, 0.25) is 11.8 Å². The van der Waals surface area contributed by atoms with E-state index in [9.17, 15) is 9.59 Å². The number of piperidine rings is 1. The largest absolute Gasteiger partial charge is 0.347 e. The number of carbonyl (C=O) groups excluding carboxylic acids is 2. The van der Waals surface area contributed by atoms with Crippen molar-refractivity contribution in [2.24, 2.45) is 0 Å². The number of likely N-dealkylation sites (N-methyl/N-ethyl adjacent to an activating group) is 1. The van der Waals surface area contributed by atoms with Gasteiger partial charge in [0.15, 0.2) is 5.16 Å². The summed E-state index contributed by atoms with van der Waals surface area (Å²) in [4.78, 5) is 33.3. The van der Waals surface area contributed by atoms with Crippen LogP contribution in [0.4, 0.5) is 0 Å². The summed E-state index contributed by atoms with van der Waals surface area (Å²) in [5, 5.41) is 0.727. The van der Waals surface area contributed by atoms with Crippen molar-refractivity contribution in [2.45, 2.75) is 50.4 Å². The highest BCUT2D eigenvalue weighted by atomic mass is 32.2. The maximum absolute atomic E-state index is 12.8. The fourth-order valence-electron chi connectivity index (χ4n) is 3.56. The second-order valence-electron chi connectivity index (χ2n) is 7.19. The topological polar surface area (TPSA) is 58.4 Å². The molecule has 146 valence electrons. The first-order chi connectivity index (χ1) is 13.0. The molecule has 1 unspecified atom stereocenters. The SMILES string of the molecule is CCC1CCCCN1C(=O)CSc1nc2ccccc2n1CC(=O)N(C)C. The molecule has 2 aromatic rings. The number of hydrogen-bond acceptors (Lipinski definition) is 4. The Kier molecular flexibility index (Phi) is 6.42. The van der Waals surface area contributed by atoms with E-state index in [2.05, 4.69) is 11.9 Å². The van der Waals surface area contributed by atoms with Gasteiger partial charge in [-0.1, -0.05) is 30.8 Å². The molecule has 2 heterocycles. The summed E-state index contributed by atoms with van der Waals surface area (Å²) in [5.41, 5.74) is 1.77. The maximum Gasteiger partial charge on any atom is 0.242 e. The lowest BCUT2D eigenvalue weighted by atomic mass is 10.0. The molecule has 0 spiro atoms. The van der Waals surface area contributed by atoms with Crippen LogP contribution < -0.4 is 0 Å². The Morgan fingerprint density at radius 1 is 1.26 bits per heavy atom. The van der Waals surface area contributed by atoms with Crippen LogP contribution in [0.5, 0.6) is 0 Å². The lowest BCUT2D eigenvalue weighted by Crippen LogP contribution is -2.44. The first kappa shape index (κ1) is 19.7. The molecule has 1 fully saturated rings. The summed E-state index contributed by atoms with van der Waals surface area (Å²) in [5.74, 6) is 0.535. The Balaban J connectivity index is 1.77. The molecule has 1 aliphatic heterocycles. The smallest absolute Gasteiger partial charge is 0.242 e. The van der Waals surface area contributed by atoms with E-state index < -0.39 is 0 Å². The first-order valence-corrected chi connectivity index (χ1v) is 10.6. The van der Waals surface area contributed by atoms with Crippen molar-refractivity contribution in [1.82, 2.24) is 19.4 Å². The quantitative estimate of drug-likeness (QED) is 0.714. The lowest BCUT2D eigenvalue weighted by molar-refractivity contribution is -0.132. The van der Waals surface area contributed by atoms with Crippen molar-refractivity contribution in [1.29, 1.82) is 0 Å². The molecule has 0 saturated carbocycles. The third-order valence-corrected chi connectivity index (χ3v) is 6.12. The van der Waals surface area contributed by atoms with Crippen molar-refractivity contribution in [2.75, 3.05) is 26.4 Å². The summed E-state index contributed by atoms with van der Waals surface area (Å²) >= 11 is 1.43. The van der Waals surface area contributed by atoms with Crippen molar-refractivity contribution in [3.05, 3.63) is 24.3 Å². The number of para-hydroxylation sites is 2. The predicted molar refractivity (Wildman–Crippen MR) is 109 cm³/mol. The van der Waals surface area contributed by atoms with Crippen LogP contribution in [0.25, 0.3) is 11.0 Å². The van der Waals surface area contributed by atoms with Gasteiger partial charge in [-0.3, -0.25) is 9.59 Å². The number of fused-ring (bicyclic) bond motifs is 1. The van der Waals surface area contributed by atoms with Crippen molar-refractivity contribution < 1.29 is 9.59 Å². The molecule has 0 bridgehead atoms. The number of benzene rings is 1. The van der Waals surface area contributed by atoms with E-state index in [-0.39, 0.29) is 18.4 Å². The van der Waals surface area contributed by atoms with E-state index in [1.807, 2.05) is 33.7 Å². The molecule has 1 aromatic carbocycles.